The van der Waals surface area contributed by atoms with Gasteiger partial charge in [-0.3, -0.25) is 14.4 Å². The molecule has 0 N–H and O–H groups in total. The highest BCUT2D eigenvalue weighted by atomic mass is 16.6. The Morgan fingerprint density at radius 1 is 0.344 bits per heavy atom. The molecule has 6 heteroatoms. The fraction of sp³-hybridized carbons (Fsp3) is 0.707. The molecule has 1 unspecified atom stereocenters. The van der Waals surface area contributed by atoms with Gasteiger partial charge in [0.15, 0.2) is 6.10 Å². The van der Waals surface area contributed by atoms with Crippen molar-refractivity contribution in [1.82, 2.24) is 0 Å². The Hall–Kier alpha value is -3.41. The zero-order valence-corrected chi connectivity index (χ0v) is 41.8. The average Bonchev–Trinajstić information content (AvgIpc) is 3.29. The lowest BCUT2D eigenvalue weighted by Crippen LogP contribution is -2.30. The van der Waals surface area contributed by atoms with Crippen LogP contribution < -0.4 is 0 Å². The van der Waals surface area contributed by atoms with Gasteiger partial charge < -0.3 is 14.2 Å². The summed E-state index contributed by atoms with van der Waals surface area (Å²) in [6.07, 6.45) is 67.1. The fourth-order valence-corrected chi connectivity index (χ4v) is 7.19. The summed E-state index contributed by atoms with van der Waals surface area (Å²) in [6, 6.07) is 0. The quantitative estimate of drug-likeness (QED) is 0.0199. The third kappa shape index (κ3) is 49.6. The van der Waals surface area contributed by atoms with Crippen molar-refractivity contribution in [2.24, 2.45) is 0 Å². The average molecular weight is 891 g/mol. The van der Waals surface area contributed by atoms with Crippen LogP contribution in [0.3, 0.4) is 0 Å². The second-order valence-corrected chi connectivity index (χ2v) is 17.4. The summed E-state index contributed by atoms with van der Waals surface area (Å²) < 4.78 is 16.8. The second kappa shape index (κ2) is 52.2. The SMILES string of the molecule is CC/C=C\C/C=C\C/C=C\CCCCCCCCCCCC(=O)OCC(COC(=O)CCCCCCC/C=C\C/C=C\CC)OC(=O)CCCCCCCC/C=C\C=C/CCCCC. The van der Waals surface area contributed by atoms with Crippen molar-refractivity contribution in [3.63, 3.8) is 0 Å². The van der Waals surface area contributed by atoms with Crippen LogP contribution in [0.15, 0.2) is 85.1 Å². The number of ether oxygens (including phenoxy) is 3. The van der Waals surface area contributed by atoms with Gasteiger partial charge in [-0.05, 0) is 103 Å². The van der Waals surface area contributed by atoms with Crippen molar-refractivity contribution in [1.29, 1.82) is 0 Å². The van der Waals surface area contributed by atoms with Gasteiger partial charge in [-0.15, -0.1) is 0 Å². The molecule has 0 spiro atoms. The van der Waals surface area contributed by atoms with Crippen molar-refractivity contribution in [3.05, 3.63) is 85.1 Å². The summed E-state index contributed by atoms with van der Waals surface area (Å²) in [7, 11) is 0. The van der Waals surface area contributed by atoms with Gasteiger partial charge in [0.25, 0.3) is 0 Å². The number of carbonyl (C=O) groups is 3. The maximum Gasteiger partial charge on any atom is 0.306 e. The Balaban J connectivity index is 4.39. The van der Waals surface area contributed by atoms with E-state index in [2.05, 4.69) is 106 Å². The van der Waals surface area contributed by atoms with E-state index in [1.54, 1.807) is 0 Å². The number of carbonyl (C=O) groups excluding carboxylic acids is 3. The number of unbranched alkanes of at least 4 members (excludes halogenated alkanes) is 23. The number of hydrogen-bond donors (Lipinski definition) is 0. The Bertz CT molecular complexity index is 1250. The Labute approximate surface area is 395 Å². The lowest BCUT2D eigenvalue weighted by molar-refractivity contribution is -0.167. The van der Waals surface area contributed by atoms with Crippen molar-refractivity contribution in [3.8, 4) is 0 Å². The minimum absolute atomic E-state index is 0.0892. The number of esters is 3. The summed E-state index contributed by atoms with van der Waals surface area (Å²) in [4.78, 5) is 38.0. The molecule has 64 heavy (non-hydrogen) atoms. The molecule has 1 atom stereocenters. The van der Waals surface area contributed by atoms with Crippen LogP contribution in [0.5, 0.6) is 0 Å². The molecule has 0 radical (unpaired) electrons. The first-order valence-corrected chi connectivity index (χ1v) is 26.6. The third-order valence-electron chi connectivity index (χ3n) is 11.1. The van der Waals surface area contributed by atoms with Gasteiger partial charge in [-0.25, -0.2) is 0 Å². The Kier molecular flexibility index (Phi) is 49.4. The van der Waals surface area contributed by atoms with Gasteiger partial charge in [0.1, 0.15) is 13.2 Å². The molecule has 0 aliphatic rings. The lowest BCUT2D eigenvalue weighted by atomic mass is 10.1. The van der Waals surface area contributed by atoms with Crippen LogP contribution in [0, 0.1) is 0 Å². The van der Waals surface area contributed by atoms with Crippen LogP contribution >= 0.6 is 0 Å². The molecular formula is C58H98O6. The summed E-state index contributed by atoms with van der Waals surface area (Å²) in [5, 5.41) is 0. The van der Waals surface area contributed by atoms with Gasteiger partial charge in [0, 0.05) is 19.3 Å². The number of rotatable bonds is 47. The predicted molar refractivity (Wildman–Crippen MR) is 274 cm³/mol. The highest BCUT2D eigenvalue weighted by Crippen LogP contribution is 2.14. The Morgan fingerprint density at radius 3 is 1.05 bits per heavy atom. The van der Waals surface area contributed by atoms with Gasteiger partial charge in [-0.1, -0.05) is 209 Å². The van der Waals surface area contributed by atoms with Crippen LogP contribution in [-0.4, -0.2) is 37.2 Å². The maximum atomic E-state index is 12.8. The first-order chi connectivity index (χ1) is 31.5. The fourth-order valence-electron chi connectivity index (χ4n) is 7.19. The molecule has 0 rings (SSSR count). The van der Waals surface area contributed by atoms with Crippen LogP contribution in [0.2, 0.25) is 0 Å². The molecule has 0 saturated carbocycles. The molecule has 0 saturated heterocycles. The number of hydrogen-bond acceptors (Lipinski definition) is 6. The van der Waals surface area contributed by atoms with Gasteiger partial charge in [0.2, 0.25) is 0 Å². The first-order valence-electron chi connectivity index (χ1n) is 26.6. The summed E-state index contributed by atoms with van der Waals surface area (Å²) in [6.45, 7) is 6.36. The van der Waals surface area contributed by atoms with Crippen LogP contribution in [0.1, 0.15) is 245 Å². The molecule has 0 aromatic rings. The predicted octanol–water partition coefficient (Wildman–Crippen LogP) is 17.6. The van der Waals surface area contributed by atoms with Crippen LogP contribution in [-0.2, 0) is 28.6 Å². The van der Waals surface area contributed by atoms with E-state index in [-0.39, 0.29) is 31.1 Å². The van der Waals surface area contributed by atoms with E-state index < -0.39 is 6.10 Å². The summed E-state index contributed by atoms with van der Waals surface area (Å²) in [5.41, 5.74) is 0. The van der Waals surface area contributed by atoms with Gasteiger partial charge in [-0.2, -0.15) is 0 Å². The largest absolute Gasteiger partial charge is 0.462 e. The van der Waals surface area contributed by atoms with Crippen LogP contribution in [0.25, 0.3) is 0 Å². The van der Waals surface area contributed by atoms with E-state index in [0.717, 1.165) is 122 Å². The van der Waals surface area contributed by atoms with Crippen molar-refractivity contribution in [2.45, 2.75) is 252 Å². The van der Waals surface area contributed by atoms with E-state index in [1.807, 2.05) is 0 Å². The molecule has 0 aliphatic heterocycles. The topological polar surface area (TPSA) is 78.9 Å². The lowest BCUT2D eigenvalue weighted by Gasteiger charge is -2.18. The van der Waals surface area contributed by atoms with E-state index >= 15 is 0 Å². The third-order valence-corrected chi connectivity index (χ3v) is 11.1. The zero-order valence-electron chi connectivity index (χ0n) is 41.8. The van der Waals surface area contributed by atoms with E-state index in [9.17, 15) is 14.4 Å². The highest BCUT2D eigenvalue weighted by molar-refractivity contribution is 5.71. The van der Waals surface area contributed by atoms with Crippen molar-refractivity contribution in [2.75, 3.05) is 13.2 Å². The first kappa shape index (κ1) is 60.6. The molecule has 0 heterocycles. The number of allylic oxidation sites excluding steroid dienone is 14. The molecule has 366 valence electrons. The maximum absolute atomic E-state index is 12.8. The minimum Gasteiger partial charge on any atom is -0.462 e. The van der Waals surface area contributed by atoms with Crippen molar-refractivity contribution >= 4 is 17.9 Å². The molecule has 6 nitrogen and oxygen atoms in total. The normalized spacial score (nSPS) is 12.7. The van der Waals surface area contributed by atoms with E-state index in [1.165, 1.54) is 83.5 Å². The standard InChI is InChI=1S/C58H98O6/c1-4-7-10-13-16-19-22-25-27-28-29-30-32-33-36-39-42-45-48-51-57(60)63-54-55(53-62-56(59)50-47-44-41-38-35-24-21-18-15-12-9-6-3)64-58(61)52-49-46-43-40-37-34-31-26-23-20-17-14-11-8-5-2/h7,9-10,12,16-21,23,25-27,55H,4-6,8,11,13-15,22,24,28-54H2,1-3H3/b10-7-,12-9-,19-16-,20-17-,21-18-,26-23-,27-25-. The molecule has 0 bridgehead atoms. The van der Waals surface area contributed by atoms with Crippen LogP contribution in [0.4, 0.5) is 0 Å². The summed E-state index contributed by atoms with van der Waals surface area (Å²) >= 11 is 0. The highest BCUT2D eigenvalue weighted by Gasteiger charge is 2.19. The Morgan fingerprint density at radius 2 is 0.656 bits per heavy atom. The zero-order chi connectivity index (χ0) is 46.5. The monoisotopic (exact) mass is 891 g/mol. The minimum atomic E-state index is -0.790. The smallest absolute Gasteiger partial charge is 0.306 e. The van der Waals surface area contributed by atoms with Crippen molar-refractivity contribution < 1.29 is 28.6 Å². The molecule has 0 amide bonds. The molecule has 0 fully saturated rings. The summed E-state index contributed by atoms with van der Waals surface area (Å²) in [5.74, 6) is -0.921. The van der Waals surface area contributed by atoms with E-state index in [4.69, 9.17) is 14.2 Å². The second-order valence-electron chi connectivity index (χ2n) is 17.4. The molecule has 0 aliphatic carbocycles. The van der Waals surface area contributed by atoms with Gasteiger partial charge >= 0.3 is 17.9 Å². The van der Waals surface area contributed by atoms with E-state index in [0.29, 0.717) is 19.3 Å². The van der Waals surface area contributed by atoms with Gasteiger partial charge in [0.05, 0.1) is 0 Å². The molecule has 0 aromatic carbocycles. The molecular weight excluding hydrogens is 793 g/mol. The molecule has 0 aromatic heterocycles.